The van der Waals surface area contributed by atoms with Gasteiger partial charge in [0.2, 0.25) is 5.96 Å². The summed E-state index contributed by atoms with van der Waals surface area (Å²) in [6.07, 6.45) is 7.21. The molecule has 0 bridgehead atoms. The van der Waals surface area contributed by atoms with Crippen molar-refractivity contribution < 1.29 is 0 Å². The minimum Gasteiger partial charge on any atom is -0.369 e. The van der Waals surface area contributed by atoms with Gasteiger partial charge < -0.3 is 11.5 Å². The van der Waals surface area contributed by atoms with Crippen LogP contribution < -0.4 is 11.5 Å². The summed E-state index contributed by atoms with van der Waals surface area (Å²) >= 11 is 0. The van der Waals surface area contributed by atoms with Gasteiger partial charge in [-0.3, -0.25) is 0 Å². The molecule has 0 fully saturated rings. The Bertz CT molecular complexity index is 245. The van der Waals surface area contributed by atoms with Gasteiger partial charge in [0.25, 0.3) is 0 Å². The molecule has 0 amide bonds. The lowest BCUT2D eigenvalue weighted by molar-refractivity contribution is 0.562. The maximum atomic E-state index is 5.13. The van der Waals surface area contributed by atoms with Gasteiger partial charge in [-0.1, -0.05) is 18.6 Å². The van der Waals surface area contributed by atoms with Crippen molar-refractivity contribution in [3.63, 3.8) is 0 Å². The predicted molar refractivity (Wildman–Crippen MR) is 66.7 cm³/mol. The lowest BCUT2D eigenvalue weighted by Gasteiger charge is -2.05. The Balaban J connectivity index is 3.66. The molecule has 0 saturated carbocycles. The maximum Gasteiger partial charge on any atom is 0.211 e. The molecule has 15 heavy (non-hydrogen) atoms. The van der Waals surface area contributed by atoms with Crippen molar-refractivity contribution in [1.29, 1.82) is 0 Å². The van der Waals surface area contributed by atoms with E-state index >= 15 is 0 Å². The summed E-state index contributed by atoms with van der Waals surface area (Å²) in [6.45, 7) is 6.43. The summed E-state index contributed by atoms with van der Waals surface area (Å²) < 4.78 is 0. The molecule has 4 N–H and O–H groups in total. The van der Waals surface area contributed by atoms with Gasteiger partial charge in [-0.2, -0.15) is 5.10 Å². The highest BCUT2D eigenvalue weighted by Crippen LogP contribution is 2.10. The van der Waals surface area contributed by atoms with Crippen LogP contribution in [-0.4, -0.2) is 12.2 Å². The second kappa shape index (κ2) is 8.03. The fraction of sp³-hybridized carbons (Fsp3) is 0.636. The van der Waals surface area contributed by atoms with Crippen molar-refractivity contribution >= 4 is 12.2 Å². The number of allylic oxidation sites excluding steroid dienone is 2. The second-order valence-electron chi connectivity index (χ2n) is 4.02. The Morgan fingerprint density at radius 1 is 1.33 bits per heavy atom. The van der Waals surface area contributed by atoms with Crippen molar-refractivity contribution in [2.75, 3.05) is 0 Å². The molecule has 1 unspecified atom stereocenters. The number of hydrogen-bond acceptors (Lipinski definition) is 2. The maximum absolute atomic E-state index is 5.13. The topological polar surface area (TPSA) is 76.8 Å². The molecule has 4 nitrogen and oxygen atoms in total. The number of nitrogens with zero attached hydrogens (tertiary/aromatic N) is 2. The van der Waals surface area contributed by atoms with E-state index in [2.05, 4.69) is 37.1 Å². The zero-order valence-corrected chi connectivity index (χ0v) is 9.90. The van der Waals surface area contributed by atoms with E-state index in [4.69, 9.17) is 11.5 Å². The average Bonchev–Trinajstić information content (AvgIpc) is 2.11. The van der Waals surface area contributed by atoms with Crippen molar-refractivity contribution in [2.45, 2.75) is 40.0 Å². The molecule has 4 heteroatoms. The normalized spacial score (nSPS) is 12.5. The van der Waals surface area contributed by atoms with Gasteiger partial charge in [-0.15, -0.1) is 5.10 Å². The van der Waals surface area contributed by atoms with Crippen LogP contribution in [0.25, 0.3) is 0 Å². The highest BCUT2D eigenvalue weighted by atomic mass is 15.3. The summed E-state index contributed by atoms with van der Waals surface area (Å²) in [6, 6.07) is 0. The minimum atomic E-state index is 0.00319. The first-order valence-electron chi connectivity index (χ1n) is 5.26. The van der Waals surface area contributed by atoms with Gasteiger partial charge >= 0.3 is 0 Å². The van der Waals surface area contributed by atoms with E-state index in [-0.39, 0.29) is 5.96 Å². The molecular formula is C11H22N4. The molecule has 0 radical (unpaired) electrons. The van der Waals surface area contributed by atoms with Crippen molar-refractivity contribution in [3.8, 4) is 0 Å². The smallest absolute Gasteiger partial charge is 0.211 e. The minimum absolute atomic E-state index is 0.00319. The Hall–Kier alpha value is -1.32. The van der Waals surface area contributed by atoms with Crippen molar-refractivity contribution in [2.24, 2.45) is 27.6 Å². The molecule has 86 valence electrons. The Kier molecular flexibility index (Phi) is 7.32. The standard InChI is InChI=1S/C11H22N4/c1-9(2)5-4-6-10(3)7-8-14-15-11(12)13/h5,8,10H,4,6-7H2,1-3H3,(H4,12,13,15)/b14-8+. The highest BCUT2D eigenvalue weighted by molar-refractivity contribution is 5.76. The molecule has 0 aliphatic rings. The molecule has 0 aromatic heterocycles. The molecule has 0 aliphatic heterocycles. The molecule has 0 spiro atoms. The lowest BCUT2D eigenvalue weighted by Crippen LogP contribution is -2.21. The Labute approximate surface area is 92.1 Å². The van der Waals surface area contributed by atoms with Crippen LogP contribution in [0.3, 0.4) is 0 Å². The quantitative estimate of drug-likeness (QED) is 0.304. The van der Waals surface area contributed by atoms with E-state index in [9.17, 15) is 0 Å². The van der Waals surface area contributed by atoms with Crippen LogP contribution in [-0.2, 0) is 0 Å². The number of rotatable bonds is 6. The van der Waals surface area contributed by atoms with Gasteiger partial charge in [0.15, 0.2) is 0 Å². The first kappa shape index (κ1) is 13.7. The van der Waals surface area contributed by atoms with Crippen LogP contribution in [0.1, 0.15) is 40.0 Å². The van der Waals surface area contributed by atoms with E-state index in [0.717, 1.165) is 12.8 Å². The summed E-state index contributed by atoms with van der Waals surface area (Å²) in [4.78, 5) is 0. The molecule has 0 aromatic rings. The van der Waals surface area contributed by atoms with Gasteiger partial charge in [0.1, 0.15) is 0 Å². The molecule has 0 heterocycles. The summed E-state index contributed by atoms with van der Waals surface area (Å²) in [5, 5.41) is 7.29. The third-order valence-electron chi connectivity index (χ3n) is 1.97. The zero-order valence-electron chi connectivity index (χ0n) is 9.90. The van der Waals surface area contributed by atoms with Gasteiger partial charge in [-0.05, 0) is 39.0 Å². The Morgan fingerprint density at radius 2 is 2.00 bits per heavy atom. The van der Waals surface area contributed by atoms with Crippen LogP contribution in [0.15, 0.2) is 21.9 Å². The van der Waals surface area contributed by atoms with Crippen LogP contribution in [0, 0.1) is 5.92 Å². The van der Waals surface area contributed by atoms with Gasteiger partial charge in [0.05, 0.1) is 0 Å². The van der Waals surface area contributed by atoms with Crippen LogP contribution in [0.2, 0.25) is 0 Å². The van der Waals surface area contributed by atoms with E-state index in [1.807, 2.05) is 0 Å². The van der Waals surface area contributed by atoms with E-state index in [1.54, 1.807) is 6.21 Å². The summed E-state index contributed by atoms with van der Waals surface area (Å²) in [5.74, 6) is 0.613. The first-order valence-corrected chi connectivity index (χ1v) is 5.26. The fourth-order valence-corrected chi connectivity index (χ4v) is 1.11. The second-order valence-corrected chi connectivity index (χ2v) is 4.02. The zero-order chi connectivity index (χ0) is 11.7. The van der Waals surface area contributed by atoms with Crippen LogP contribution in [0.4, 0.5) is 0 Å². The van der Waals surface area contributed by atoms with Crippen LogP contribution in [0.5, 0.6) is 0 Å². The van der Waals surface area contributed by atoms with Gasteiger partial charge in [0, 0.05) is 6.21 Å². The highest BCUT2D eigenvalue weighted by Gasteiger charge is 1.97. The van der Waals surface area contributed by atoms with E-state index in [0.29, 0.717) is 5.92 Å². The molecule has 0 saturated heterocycles. The number of nitrogens with two attached hydrogens (primary N) is 2. The molecule has 0 aliphatic carbocycles. The predicted octanol–water partition coefficient (Wildman–Crippen LogP) is 2.02. The number of guanidine groups is 1. The van der Waals surface area contributed by atoms with Crippen LogP contribution >= 0.6 is 0 Å². The first-order chi connectivity index (χ1) is 7.02. The van der Waals surface area contributed by atoms with E-state index in [1.165, 1.54) is 12.0 Å². The third-order valence-corrected chi connectivity index (χ3v) is 1.97. The molecular weight excluding hydrogens is 188 g/mol. The monoisotopic (exact) mass is 210 g/mol. The largest absolute Gasteiger partial charge is 0.369 e. The third kappa shape index (κ3) is 10.6. The molecule has 0 aromatic carbocycles. The molecule has 0 rings (SSSR count). The van der Waals surface area contributed by atoms with E-state index < -0.39 is 0 Å². The average molecular weight is 210 g/mol. The fourth-order valence-electron chi connectivity index (χ4n) is 1.11. The van der Waals surface area contributed by atoms with Crippen molar-refractivity contribution in [1.82, 2.24) is 0 Å². The number of hydrogen-bond donors (Lipinski definition) is 2. The lowest BCUT2D eigenvalue weighted by atomic mass is 10.0. The Morgan fingerprint density at radius 3 is 2.53 bits per heavy atom. The molecule has 1 atom stereocenters. The van der Waals surface area contributed by atoms with Gasteiger partial charge in [-0.25, -0.2) is 0 Å². The summed E-state index contributed by atoms with van der Waals surface area (Å²) in [7, 11) is 0. The summed E-state index contributed by atoms with van der Waals surface area (Å²) in [5.41, 5.74) is 11.6. The van der Waals surface area contributed by atoms with Crippen molar-refractivity contribution in [3.05, 3.63) is 11.6 Å². The SMILES string of the molecule is CC(C)=CCCC(C)C/C=N/N=C(N)N.